The summed E-state index contributed by atoms with van der Waals surface area (Å²) in [5, 5.41) is 7.91. The van der Waals surface area contributed by atoms with Gasteiger partial charge in [0, 0.05) is 38.4 Å². The molecule has 0 fully saturated rings. The summed E-state index contributed by atoms with van der Waals surface area (Å²) in [5.41, 5.74) is 3.48. The monoisotopic (exact) mass is 343 g/mol. The Morgan fingerprint density at radius 1 is 0.923 bits per heavy atom. The van der Waals surface area contributed by atoms with E-state index >= 15 is 0 Å². The minimum atomic E-state index is 0.0435. The van der Waals surface area contributed by atoms with Gasteiger partial charge in [-0.2, -0.15) is 5.10 Å². The highest BCUT2D eigenvalue weighted by Gasteiger charge is 2.17. The van der Waals surface area contributed by atoms with E-state index in [4.69, 9.17) is 0 Å². The first-order valence-electron chi connectivity index (χ1n) is 8.66. The summed E-state index contributed by atoms with van der Waals surface area (Å²) in [7, 11) is 2.03. The lowest BCUT2D eigenvalue weighted by Crippen LogP contribution is -2.24. The summed E-state index contributed by atoms with van der Waals surface area (Å²) < 4.78 is 3.92. The van der Waals surface area contributed by atoms with Crippen molar-refractivity contribution in [1.29, 1.82) is 0 Å². The van der Waals surface area contributed by atoms with Crippen LogP contribution < -0.4 is 5.32 Å². The first kappa shape index (κ1) is 16.3. The smallest absolute Gasteiger partial charge is 0.130 e. The highest BCUT2D eigenvalue weighted by Crippen LogP contribution is 2.21. The van der Waals surface area contributed by atoms with Crippen molar-refractivity contribution in [1.82, 2.24) is 24.6 Å². The number of hydrogen-bond donors (Lipinski definition) is 1. The molecule has 1 atom stereocenters. The minimum absolute atomic E-state index is 0.0435. The number of benzene rings is 2. The summed E-state index contributed by atoms with van der Waals surface area (Å²) in [6, 6.07) is 20.8. The van der Waals surface area contributed by atoms with Gasteiger partial charge in [-0.15, -0.1) is 0 Å². The first-order valence-corrected chi connectivity index (χ1v) is 8.66. The Balaban J connectivity index is 1.53. The fourth-order valence-electron chi connectivity index (χ4n) is 3.07. The molecule has 5 heteroatoms. The fourth-order valence-corrected chi connectivity index (χ4v) is 3.07. The van der Waals surface area contributed by atoms with Crippen LogP contribution in [-0.2, 0) is 13.6 Å². The molecule has 0 saturated heterocycles. The number of aryl methyl sites for hydroxylation is 1. The highest BCUT2D eigenvalue weighted by atomic mass is 15.3. The van der Waals surface area contributed by atoms with Gasteiger partial charge in [0.25, 0.3) is 0 Å². The Morgan fingerprint density at radius 2 is 1.73 bits per heavy atom. The standard InChI is InChI=1S/C21H21N5/c1-25-15-13-22-21(25)20(18-6-3-2-4-7-18)23-16-17-8-10-19(11-9-17)26-14-5-12-24-26/h2-15,20,23H,16H2,1H3/t20-/m0/s1. The molecule has 0 amide bonds. The third-order valence-electron chi connectivity index (χ3n) is 4.47. The van der Waals surface area contributed by atoms with E-state index in [-0.39, 0.29) is 6.04 Å². The maximum atomic E-state index is 4.54. The lowest BCUT2D eigenvalue weighted by atomic mass is 10.1. The van der Waals surface area contributed by atoms with Crippen molar-refractivity contribution in [2.24, 2.45) is 7.05 Å². The molecule has 0 saturated carbocycles. The summed E-state index contributed by atoms with van der Waals surface area (Å²) >= 11 is 0. The zero-order valence-electron chi connectivity index (χ0n) is 14.7. The van der Waals surface area contributed by atoms with Gasteiger partial charge < -0.3 is 4.57 Å². The molecule has 2 aromatic heterocycles. The van der Waals surface area contributed by atoms with E-state index < -0.39 is 0 Å². The molecule has 0 bridgehead atoms. The van der Waals surface area contributed by atoms with E-state index in [1.54, 1.807) is 6.20 Å². The van der Waals surface area contributed by atoms with Crippen molar-refractivity contribution in [3.63, 3.8) is 0 Å². The molecule has 1 N–H and O–H groups in total. The number of nitrogens with zero attached hydrogens (tertiary/aromatic N) is 4. The number of aromatic nitrogens is 4. The van der Waals surface area contributed by atoms with Crippen LogP contribution in [0, 0.1) is 0 Å². The van der Waals surface area contributed by atoms with Gasteiger partial charge in [0.1, 0.15) is 5.82 Å². The second kappa shape index (κ2) is 7.37. The van der Waals surface area contributed by atoms with E-state index in [0.717, 1.165) is 18.1 Å². The Bertz CT molecular complexity index is 940. The lowest BCUT2D eigenvalue weighted by Gasteiger charge is -2.19. The molecule has 0 aliphatic rings. The van der Waals surface area contributed by atoms with Gasteiger partial charge in [0.15, 0.2) is 0 Å². The largest absolute Gasteiger partial charge is 0.336 e. The normalized spacial score (nSPS) is 12.2. The summed E-state index contributed by atoms with van der Waals surface area (Å²) in [4.78, 5) is 4.54. The van der Waals surface area contributed by atoms with Crippen LogP contribution in [-0.4, -0.2) is 19.3 Å². The molecule has 0 spiro atoms. The van der Waals surface area contributed by atoms with Gasteiger partial charge in [-0.25, -0.2) is 9.67 Å². The van der Waals surface area contributed by atoms with Crippen molar-refractivity contribution in [2.75, 3.05) is 0 Å². The molecule has 0 aliphatic heterocycles. The van der Waals surface area contributed by atoms with Gasteiger partial charge in [0.2, 0.25) is 0 Å². The van der Waals surface area contributed by atoms with Crippen molar-refractivity contribution >= 4 is 0 Å². The summed E-state index contributed by atoms with van der Waals surface area (Å²) in [6.45, 7) is 0.756. The van der Waals surface area contributed by atoms with Crippen LogP contribution in [0.1, 0.15) is 23.0 Å². The van der Waals surface area contributed by atoms with E-state index in [1.165, 1.54) is 11.1 Å². The maximum Gasteiger partial charge on any atom is 0.130 e. The van der Waals surface area contributed by atoms with E-state index in [9.17, 15) is 0 Å². The minimum Gasteiger partial charge on any atom is -0.336 e. The molecule has 26 heavy (non-hydrogen) atoms. The first-order chi connectivity index (χ1) is 12.8. The Kier molecular flexibility index (Phi) is 4.62. The van der Waals surface area contributed by atoms with Crippen LogP contribution >= 0.6 is 0 Å². The predicted molar refractivity (Wildman–Crippen MR) is 102 cm³/mol. The van der Waals surface area contributed by atoms with Crippen LogP contribution in [0.4, 0.5) is 0 Å². The molecule has 0 radical (unpaired) electrons. The van der Waals surface area contributed by atoms with Gasteiger partial charge in [-0.05, 0) is 29.3 Å². The predicted octanol–water partition coefficient (Wildman–Crippen LogP) is 3.49. The fraction of sp³-hybridized carbons (Fsp3) is 0.143. The molecule has 2 aromatic carbocycles. The second-order valence-electron chi connectivity index (χ2n) is 6.24. The van der Waals surface area contributed by atoms with E-state index in [0.29, 0.717) is 0 Å². The topological polar surface area (TPSA) is 47.7 Å². The van der Waals surface area contributed by atoms with Crippen molar-refractivity contribution in [3.05, 3.63) is 102 Å². The number of rotatable bonds is 6. The number of nitrogens with one attached hydrogen (secondary N) is 1. The third-order valence-corrected chi connectivity index (χ3v) is 4.47. The number of imidazole rings is 1. The molecule has 4 rings (SSSR count). The molecular weight excluding hydrogens is 322 g/mol. The van der Waals surface area contributed by atoms with E-state index in [1.807, 2.05) is 42.5 Å². The van der Waals surface area contributed by atoms with Gasteiger partial charge >= 0.3 is 0 Å². The summed E-state index contributed by atoms with van der Waals surface area (Å²) in [6.07, 6.45) is 7.55. The van der Waals surface area contributed by atoms with Crippen LogP contribution in [0.2, 0.25) is 0 Å². The average molecular weight is 343 g/mol. The molecule has 4 aromatic rings. The van der Waals surface area contributed by atoms with Gasteiger partial charge in [-0.3, -0.25) is 5.32 Å². The molecule has 5 nitrogen and oxygen atoms in total. The maximum absolute atomic E-state index is 4.54. The number of hydrogen-bond acceptors (Lipinski definition) is 3. The Labute approximate surface area is 152 Å². The van der Waals surface area contributed by atoms with Crippen LogP contribution in [0.25, 0.3) is 5.69 Å². The molecule has 2 heterocycles. The zero-order chi connectivity index (χ0) is 17.8. The van der Waals surface area contributed by atoms with Crippen LogP contribution in [0.3, 0.4) is 0 Å². The molecule has 0 unspecified atom stereocenters. The molecular formula is C21H21N5. The SMILES string of the molecule is Cn1ccnc1[C@@H](NCc1ccc(-n2cccn2)cc1)c1ccccc1. The van der Waals surface area contributed by atoms with Crippen molar-refractivity contribution < 1.29 is 0 Å². The lowest BCUT2D eigenvalue weighted by molar-refractivity contribution is 0.558. The molecule has 130 valence electrons. The zero-order valence-corrected chi connectivity index (χ0v) is 14.7. The quantitative estimate of drug-likeness (QED) is 0.583. The van der Waals surface area contributed by atoms with Crippen LogP contribution in [0.15, 0.2) is 85.5 Å². The second-order valence-corrected chi connectivity index (χ2v) is 6.24. The van der Waals surface area contributed by atoms with Crippen molar-refractivity contribution in [2.45, 2.75) is 12.6 Å². The summed E-state index contributed by atoms with van der Waals surface area (Å²) in [5.74, 6) is 1.00. The van der Waals surface area contributed by atoms with E-state index in [2.05, 4.69) is 68.5 Å². The Hall–Kier alpha value is -3.18. The van der Waals surface area contributed by atoms with Crippen LogP contribution in [0.5, 0.6) is 0 Å². The third kappa shape index (κ3) is 3.43. The average Bonchev–Trinajstić information content (AvgIpc) is 3.36. The van der Waals surface area contributed by atoms with Gasteiger partial charge in [-0.1, -0.05) is 42.5 Å². The highest BCUT2D eigenvalue weighted by molar-refractivity contribution is 5.34. The Morgan fingerprint density at radius 3 is 2.38 bits per heavy atom. The molecule has 0 aliphatic carbocycles. The van der Waals surface area contributed by atoms with Crippen molar-refractivity contribution in [3.8, 4) is 5.69 Å². The van der Waals surface area contributed by atoms with Gasteiger partial charge in [0.05, 0.1) is 11.7 Å².